The zero-order valence-corrected chi connectivity index (χ0v) is 14.5. The molecule has 0 fully saturated rings. The predicted molar refractivity (Wildman–Crippen MR) is 107 cm³/mol. The maximum absolute atomic E-state index is 6.06. The van der Waals surface area contributed by atoms with E-state index in [0.29, 0.717) is 11.8 Å². The smallest absolute Gasteiger partial charge is 0.248 e. The average Bonchev–Trinajstić information content (AvgIpc) is 3.18. The Kier molecular flexibility index (Phi) is 4.20. The Labute approximate surface area is 152 Å². The van der Waals surface area contributed by atoms with Crippen molar-refractivity contribution in [3.05, 3.63) is 96.4 Å². The van der Waals surface area contributed by atoms with Crippen molar-refractivity contribution in [1.29, 1.82) is 0 Å². The van der Waals surface area contributed by atoms with Crippen molar-refractivity contribution in [2.45, 2.75) is 6.92 Å². The molecule has 3 nitrogen and oxygen atoms in total. The van der Waals surface area contributed by atoms with Crippen molar-refractivity contribution in [3.63, 3.8) is 0 Å². The minimum absolute atomic E-state index is 0.504. The quantitative estimate of drug-likeness (QED) is 0.459. The van der Waals surface area contributed by atoms with Gasteiger partial charge < -0.3 is 4.42 Å². The van der Waals surface area contributed by atoms with Crippen LogP contribution in [0.25, 0.3) is 33.9 Å². The monoisotopic (exact) mass is 338 g/mol. The van der Waals surface area contributed by atoms with Gasteiger partial charge >= 0.3 is 0 Å². The Morgan fingerprint density at radius 1 is 0.923 bits per heavy atom. The number of rotatable bonds is 4. The lowest BCUT2D eigenvalue weighted by molar-refractivity contribution is 0.554. The summed E-state index contributed by atoms with van der Waals surface area (Å²) >= 11 is 0. The van der Waals surface area contributed by atoms with E-state index in [-0.39, 0.29) is 0 Å². The van der Waals surface area contributed by atoms with Crippen molar-refractivity contribution in [3.8, 4) is 11.5 Å². The molecule has 0 atom stereocenters. The lowest BCUT2D eigenvalue weighted by atomic mass is 9.99. The molecule has 4 aromatic rings. The number of allylic oxidation sites excluding steroid dienone is 1. The van der Waals surface area contributed by atoms with Crippen LogP contribution in [0.1, 0.15) is 23.9 Å². The minimum Gasteiger partial charge on any atom is -0.416 e. The van der Waals surface area contributed by atoms with E-state index in [1.807, 2.05) is 67.6 Å². The van der Waals surface area contributed by atoms with Gasteiger partial charge in [-0.25, -0.2) is 0 Å². The fraction of sp³-hybridized carbons (Fsp3) is 0.0435. The van der Waals surface area contributed by atoms with Gasteiger partial charge in [0.2, 0.25) is 11.8 Å². The molecule has 0 radical (unpaired) electrons. The van der Waals surface area contributed by atoms with Gasteiger partial charge in [0, 0.05) is 11.1 Å². The molecule has 0 saturated heterocycles. The van der Waals surface area contributed by atoms with Crippen LogP contribution in [0.2, 0.25) is 0 Å². The van der Waals surface area contributed by atoms with Gasteiger partial charge in [0.25, 0.3) is 0 Å². The van der Waals surface area contributed by atoms with Crippen LogP contribution in [-0.2, 0) is 0 Å². The summed E-state index contributed by atoms with van der Waals surface area (Å²) in [5.74, 6) is 1.02. The van der Waals surface area contributed by atoms with Gasteiger partial charge in [-0.05, 0) is 34.9 Å². The zero-order valence-electron chi connectivity index (χ0n) is 14.5. The van der Waals surface area contributed by atoms with Gasteiger partial charge in [0.15, 0.2) is 0 Å². The molecule has 3 heteroatoms. The van der Waals surface area contributed by atoms with Crippen LogP contribution >= 0.6 is 0 Å². The number of fused-ring (bicyclic) bond motifs is 1. The van der Waals surface area contributed by atoms with E-state index in [9.17, 15) is 0 Å². The molecule has 0 aliphatic carbocycles. The summed E-state index contributed by atoms with van der Waals surface area (Å²) in [7, 11) is 0. The lowest BCUT2D eigenvalue weighted by Crippen LogP contribution is -1.91. The SMILES string of the molecule is C=Cc1ccccc1/C(=C\C)c1nnc(-c2cccc3ccccc23)o1. The first-order valence-corrected chi connectivity index (χ1v) is 8.52. The molecule has 3 aromatic carbocycles. The molecule has 1 heterocycles. The van der Waals surface area contributed by atoms with Crippen LogP contribution in [0.3, 0.4) is 0 Å². The van der Waals surface area contributed by atoms with Crippen LogP contribution in [0, 0.1) is 0 Å². The highest BCUT2D eigenvalue weighted by molar-refractivity contribution is 5.94. The topological polar surface area (TPSA) is 38.9 Å². The van der Waals surface area contributed by atoms with Crippen molar-refractivity contribution in [2.75, 3.05) is 0 Å². The van der Waals surface area contributed by atoms with Crippen molar-refractivity contribution in [1.82, 2.24) is 10.2 Å². The molecule has 0 N–H and O–H groups in total. The molecule has 4 rings (SSSR count). The molecule has 1 aromatic heterocycles. The van der Waals surface area contributed by atoms with E-state index in [1.165, 1.54) is 0 Å². The van der Waals surface area contributed by atoms with E-state index < -0.39 is 0 Å². The molecule has 0 aliphatic heterocycles. The van der Waals surface area contributed by atoms with E-state index in [4.69, 9.17) is 4.42 Å². The maximum atomic E-state index is 6.06. The second-order valence-corrected chi connectivity index (χ2v) is 5.93. The second-order valence-electron chi connectivity index (χ2n) is 5.93. The number of nitrogens with zero attached hydrogens (tertiary/aromatic N) is 2. The van der Waals surface area contributed by atoms with Crippen molar-refractivity contribution >= 4 is 22.4 Å². The van der Waals surface area contributed by atoms with Crippen LogP contribution in [0.5, 0.6) is 0 Å². The fourth-order valence-electron chi connectivity index (χ4n) is 3.17. The van der Waals surface area contributed by atoms with E-state index in [0.717, 1.165) is 33.0 Å². The molecule has 26 heavy (non-hydrogen) atoms. The highest BCUT2D eigenvalue weighted by Crippen LogP contribution is 2.31. The van der Waals surface area contributed by atoms with Crippen molar-refractivity contribution in [2.24, 2.45) is 0 Å². The average molecular weight is 338 g/mol. The van der Waals surface area contributed by atoms with E-state index >= 15 is 0 Å². The van der Waals surface area contributed by atoms with Gasteiger partial charge in [-0.15, -0.1) is 10.2 Å². The maximum Gasteiger partial charge on any atom is 0.248 e. The Hall–Kier alpha value is -3.46. The summed E-state index contributed by atoms with van der Waals surface area (Å²) in [6.45, 7) is 5.86. The normalized spacial score (nSPS) is 11.7. The number of hydrogen-bond donors (Lipinski definition) is 0. The standard InChI is InChI=1S/C23H18N2O/c1-3-16-10-5-7-13-19(16)18(4-2)22-24-25-23(26-22)21-15-9-12-17-11-6-8-14-20(17)21/h3-15H,1H2,2H3/b18-4+. The first kappa shape index (κ1) is 16.0. The Morgan fingerprint density at radius 3 is 2.54 bits per heavy atom. The zero-order chi connectivity index (χ0) is 17.9. The summed E-state index contributed by atoms with van der Waals surface area (Å²) in [6.07, 6.45) is 3.82. The largest absolute Gasteiger partial charge is 0.416 e. The summed E-state index contributed by atoms with van der Waals surface area (Å²) < 4.78 is 6.06. The molecule has 126 valence electrons. The van der Waals surface area contributed by atoms with Crippen LogP contribution < -0.4 is 0 Å². The molecule has 0 spiro atoms. The third-order valence-corrected chi connectivity index (χ3v) is 4.44. The second kappa shape index (κ2) is 6.81. The molecular formula is C23H18N2O. The van der Waals surface area contributed by atoms with Crippen LogP contribution in [-0.4, -0.2) is 10.2 Å². The Bertz CT molecular complexity index is 1120. The third kappa shape index (κ3) is 2.74. The molecule has 0 amide bonds. The van der Waals surface area contributed by atoms with Gasteiger partial charge in [0.05, 0.1) is 0 Å². The predicted octanol–water partition coefficient (Wildman–Crippen LogP) is 5.98. The van der Waals surface area contributed by atoms with Crippen LogP contribution in [0.4, 0.5) is 0 Å². The number of benzene rings is 3. The summed E-state index contributed by atoms with van der Waals surface area (Å²) in [4.78, 5) is 0. The van der Waals surface area contributed by atoms with E-state index in [2.05, 4.69) is 35.0 Å². The first-order chi connectivity index (χ1) is 12.8. The summed E-state index contributed by atoms with van der Waals surface area (Å²) in [6, 6.07) is 22.3. The molecule has 0 saturated carbocycles. The number of aromatic nitrogens is 2. The highest BCUT2D eigenvalue weighted by atomic mass is 16.4. The van der Waals surface area contributed by atoms with Crippen LogP contribution in [0.15, 0.2) is 83.8 Å². The molecular weight excluding hydrogens is 320 g/mol. The Balaban J connectivity index is 1.81. The fourth-order valence-corrected chi connectivity index (χ4v) is 3.17. The van der Waals surface area contributed by atoms with Gasteiger partial charge in [-0.2, -0.15) is 0 Å². The lowest BCUT2D eigenvalue weighted by Gasteiger charge is -2.07. The molecule has 0 aliphatic rings. The molecule has 0 bridgehead atoms. The first-order valence-electron chi connectivity index (χ1n) is 8.52. The Morgan fingerprint density at radius 2 is 1.69 bits per heavy atom. The van der Waals surface area contributed by atoms with Gasteiger partial charge in [-0.3, -0.25) is 0 Å². The highest BCUT2D eigenvalue weighted by Gasteiger charge is 2.16. The number of hydrogen-bond acceptors (Lipinski definition) is 3. The van der Waals surface area contributed by atoms with Crippen molar-refractivity contribution < 1.29 is 4.42 Å². The minimum atomic E-state index is 0.504. The van der Waals surface area contributed by atoms with Gasteiger partial charge in [-0.1, -0.05) is 79.4 Å². The molecule has 0 unspecified atom stereocenters. The summed E-state index contributed by atoms with van der Waals surface area (Å²) in [5, 5.41) is 10.8. The van der Waals surface area contributed by atoms with Gasteiger partial charge in [0.1, 0.15) is 0 Å². The van der Waals surface area contributed by atoms with E-state index in [1.54, 1.807) is 0 Å². The third-order valence-electron chi connectivity index (χ3n) is 4.44. The summed E-state index contributed by atoms with van der Waals surface area (Å²) in [5.41, 5.74) is 3.90.